The highest BCUT2D eigenvalue weighted by Crippen LogP contribution is 2.33. The minimum atomic E-state index is -1.32. The third-order valence-corrected chi connectivity index (χ3v) is 12.0. The van der Waals surface area contributed by atoms with E-state index in [1.807, 2.05) is 13.8 Å². The van der Waals surface area contributed by atoms with Gasteiger partial charge < -0.3 is 45.4 Å². The monoisotopic (exact) mass is 1030 g/mol. The van der Waals surface area contributed by atoms with Gasteiger partial charge in [-0.3, -0.25) is 63.3 Å². The second-order valence-corrected chi connectivity index (χ2v) is 17.2. The van der Waals surface area contributed by atoms with Crippen LogP contribution in [0.15, 0.2) is 60.7 Å². The number of imidazole rings is 2. The summed E-state index contributed by atoms with van der Waals surface area (Å²) in [6.07, 6.45) is 5.64. The largest absolute Gasteiger partial charge is 0.494 e. The van der Waals surface area contributed by atoms with Crippen molar-refractivity contribution in [3.8, 4) is 11.5 Å². The third-order valence-electron chi connectivity index (χ3n) is 12.0. The van der Waals surface area contributed by atoms with Crippen LogP contribution < -0.4 is 36.9 Å². The van der Waals surface area contributed by atoms with Gasteiger partial charge >= 0.3 is 0 Å². The van der Waals surface area contributed by atoms with Gasteiger partial charge in [0.05, 0.1) is 42.7 Å². The topological polar surface area (TPSA) is 341 Å². The number of primary amides is 2. The Hall–Kier alpha value is -9.20. The number of carbonyl (C=O) groups is 8. The van der Waals surface area contributed by atoms with Gasteiger partial charge in [-0.15, -0.1) is 0 Å². The van der Waals surface area contributed by atoms with Crippen molar-refractivity contribution in [3.63, 3.8) is 0 Å². The lowest BCUT2D eigenvalue weighted by Gasteiger charge is -2.24. The maximum Gasteiger partial charge on any atom is 0.276 e. The number of hydrogen-bond donors (Lipinski definition) is 6. The minimum Gasteiger partial charge on any atom is -0.494 e. The van der Waals surface area contributed by atoms with Gasteiger partial charge in [-0.05, 0) is 70.5 Å². The predicted octanol–water partition coefficient (Wildman–Crippen LogP) is 1.42. The van der Waals surface area contributed by atoms with Gasteiger partial charge in [0.1, 0.15) is 40.0 Å². The molecule has 1 aliphatic heterocycles. The fourth-order valence-electron chi connectivity index (χ4n) is 8.36. The maximum atomic E-state index is 13.9. The Kier molecular flexibility index (Phi) is 16.5. The Morgan fingerprint density at radius 1 is 0.760 bits per heavy atom. The molecule has 1 unspecified atom stereocenters. The normalized spacial score (nSPS) is 12.8. The molecular formula is C49H57N15O11. The molecule has 0 bridgehead atoms. The molecule has 0 saturated heterocycles. The number of aromatic nitrogens is 8. The van der Waals surface area contributed by atoms with Gasteiger partial charge in [0.2, 0.25) is 35.5 Å². The number of nitrogens with two attached hydrogens (primary N) is 2. The number of benzene rings is 2. The number of aryl methyl sites for hydroxylation is 4. The fourth-order valence-corrected chi connectivity index (χ4v) is 8.36. The number of imide groups is 1. The minimum absolute atomic E-state index is 0.0315. The first-order chi connectivity index (χ1) is 35.8. The zero-order chi connectivity index (χ0) is 54.2. The highest BCUT2D eigenvalue weighted by Gasteiger charge is 2.28. The Balaban J connectivity index is 1.16. The second kappa shape index (κ2) is 23.1. The van der Waals surface area contributed by atoms with E-state index in [0.717, 1.165) is 17.1 Å². The Labute approximate surface area is 428 Å². The quantitative estimate of drug-likeness (QED) is 0.0284. The van der Waals surface area contributed by atoms with Crippen LogP contribution in [0.1, 0.15) is 79.8 Å². The van der Waals surface area contributed by atoms with Crippen molar-refractivity contribution < 1.29 is 52.9 Å². The van der Waals surface area contributed by atoms with Crippen LogP contribution >= 0.6 is 0 Å². The van der Waals surface area contributed by atoms with Gasteiger partial charge in [0.15, 0.2) is 0 Å². The molecular weight excluding hydrogens is 975 g/mol. The summed E-state index contributed by atoms with van der Waals surface area (Å²) < 4.78 is 18.4. The maximum absolute atomic E-state index is 13.9. The van der Waals surface area contributed by atoms with Gasteiger partial charge in [0.25, 0.3) is 23.6 Å². The highest BCUT2D eigenvalue weighted by atomic mass is 16.5. The van der Waals surface area contributed by atoms with Gasteiger partial charge in [-0.25, -0.2) is 9.97 Å². The molecule has 0 radical (unpaired) electrons. The van der Waals surface area contributed by atoms with Crippen molar-refractivity contribution in [2.24, 2.45) is 11.5 Å². The van der Waals surface area contributed by atoms with Crippen LogP contribution in [0.5, 0.6) is 11.5 Å². The van der Waals surface area contributed by atoms with Crippen molar-refractivity contribution in [1.82, 2.24) is 53.8 Å². The SMILES string of the molecule is CCn1nc(C)cc1C(=O)Nc1nc2cc(C(N)=O)cc(OC)c2n1C/C=C/Cn1c(NC(=O)c2cc(C)nn2CC)nc2cc(C(N)=O)cc(OCCCN(C)C(=O)C(CO)NC(=O)CCN3C(=O)C=CC3=O)c21. The van der Waals surface area contributed by atoms with Gasteiger partial charge in [0, 0.05) is 76.0 Å². The second-order valence-electron chi connectivity index (χ2n) is 17.2. The van der Waals surface area contributed by atoms with Crippen molar-refractivity contribution in [1.29, 1.82) is 0 Å². The number of nitrogens with zero attached hydrogens (tertiary/aromatic N) is 10. The molecule has 8 N–H and O–H groups in total. The lowest BCUT2D eigenvalue weighted by molar-refractivity contribution is -0.139. The summed E-state index contributed by atoms with van der Waals surface area (Å²) in [4.78, 5) is 114. The number of aliphatic hydroxyl groups is 1. The zero-order valence-electron chi connectivity index (χ0n) is 42.1. The summed E-state index contributed by atoms with van der Waals surface area (Å²) in [5.41, 5.74) is 14.7. The molecule has 4 aromatic heterocycles. The molecule has 8 amide bonds. The van der Waals surface area contributed by atoms with Crippen LogP contribution in [0.25, 0.3) is 22.1 Å². The number of methoxy groups -OCH3 is 1. The molecule has 7 rings (SSSR count). The van der Waals surface area contributed by atoms with E-state index in [9.17, 15) is 43.5 Å². The van der Waals surface area contributed by atoms with E-state index in [1.165, 1.54) is 43.3 Å². The van der Waals surface area contributed by atoms with Crippen LogP contribution in [0.4, 0.5) is 11.9 Å². The molecule has 0 saturated carbocycles. The number of rotatable bonds is 24. The zero-order valence-corrected chi connectivity index (χ0v) is 42.1. The lowest BCUT2D eigenvalue weighted by atomic mass is 10.1. The van der Waals surface area contributed by atoms with Gasteiger partial charge in [-0.2, -0.15) is 10.2 Å². The Morgan fingerprint density at radius 2 is 1.25 bits per heavy atom. The predicted molar refractivity (Wildman–Crippen MR) is 271 cm³/mol. The number of fused-ring (bicyclic) bond motifs is 2. The Bertz CT molecular complexity index is 3290. The molecule has 2 aromatic carbocycles. The highest BCUT2D eigenvalue weighted by molar-refractivity contribution is 6.13. The molecule has 0 fully saturated rings. The molecule has 0 spiro atoms. The summed E-state index contributed by atoms with van der Waals surface area (Å²) >= 11 is 0. The van der Waals surface area contributed by atoms with E-state index in [-0.39, 0.29) is 91.4 Å². The first-order valence-corrected chi connectivity index (χ1v) is 23.8. The first-order valence-electron chi connectivity index (χ1n) is 23.8. The number of allylic oxidation sites excluding steroid dienone is 2. The number of ether oxygens (including phenoxy) is 2. The summed E-state index contributed by atoms with van der Waals surface area (Å²) in [7, 11) is 2.89. The number of amides is 8. The lowest BCUT2D eigenvalue weighted by Crippen LogP contribution is -2.50. The molecule has 1 aliphatic rings. The molecule has 26 nitrogen and oxygen atoms in total. The fraction of sp³-hybridized carbons (Fsp3) is 0.347. The van der Waals surface area contributed by atoms with E-state index in [0.29, 0.717) is 46.7 Å². The number of hydrogen-bond acceptors (Lipinski definition) is 15. The molecule has 5 heterocycles. The molecule has 394 valence electrons. The van der Waals surface area contributed by atoms with Crippen molar-refractivity contribution in [3.05, 3.63) is 94.6 Å². The van der Waals surface area contributed by atoms with E-state index < -0.39 is 59.9 Å². The summed E-state index contributed by atoms with van der Waals surface area (Å²) in [5, 5.41) is 27.0. The summed E-state index contributed by atoms with van der Waals surface area (Å²) in [6.45, 7) is 7.29. The third kappa shape index (κ3) is 11.9. The first kappa shape index (κ1) is 53.6. The van der Waals surface area contributed by atoms with E-state index >= 15 is 0 Å². The van der Waals surface area contributed by atoms with Crippen LogP contribution in [0.3, 0.4) is 0 Å². The van der Waals surface area contributed by atoms with Crippen LogP contribution in [-0.2, 0) is 45.4 Å². The summed E-state index contributed by atoms with van der Waals surface area (Å²) in [6, 6.07) is 7.83. The van der Waals surface area contributed by atoms with E-state index in [4.69, 9.17) is 25.9 Å². The van der Waals surface area contributed by atoms with E-state index in [1.54, 1.807) is 56.6 Å². The standard InChI is InChI=1S/C49H57N15O11/c1-7-63-34(20-27(3)57-63)45(71)55-48-53-31-22-29(43(50)69)24-36(74-6)41(31)61(48)16-9-10-17-62-42-32(54-49(62)56-46(72)35-21-28(4)58-64(35)8-2)23-30(44(51)70)25-37(42)75-19-11-15-59(5)47(73)33(26-65)52-38(66)14-18-60-39(67)12-13-40(60)68/h9-10,12-13,20-25,33,65H,7-8,11,14-19,26H2,1-6H3,(H2,50,69)(H2,51,70)(H,52,66)(H,53,55,71)(H,54,56,72)/b10-9+. The van der Waals surface area contributed by atoms with Crippen LogP contribution in [0.2, 0.25) is 0 Å². The van der Waals surface area contributed by atoms with E-state index in [2.05, 4.69) is 31.1 Å². The molecule has 26 heteroatoms. The number of likely N-dealkylation sites (N-methyl/N-ethyl adjacent to an activating group) is 1. The smallest absolute Gasteiger partial charge is 0.276 e. The number of nitrogens with one attached hydrogen (secondary N) is 3. The molecule has 75 heavy (non-hydrogen) atoms. The van der Waals surface area contributed by atoms with Crippen LogP contribution in [0, 0.1) is 13.8 Å². The Morgan fingerprint density at radius 3 is 1.72 bits per heavy atom. The van der Waals surface area contributed by atoms with Crippen molar-refractivity contribution >= 4 is 81.2 Å². The average molecular weight is 1030 g/mol. The van der Waals surface area contributed by atoms with Gasteiger partial charge in [-0.1, -0.05) is 12.2 Å². The number of aliphatic hydroxyl groups excluding tert-OH is 1. The van der Waals surface area contributed by atoms with Crippen molar-refractivity contribution in [2.75, 3.05) is 51.1 Å². The molecule has 6 aromatic rings. The van der Waals surface area contributed by atoms with Crippen LogP contribution in [-0.4, -0.2) is 147 Å². The molecule has 1 atom stereocenters. The number of carbonyl (C=O) groups excluding carboxylic acids is 8. The summed E-state index contributed by atoms with van der Waals surface area (Å²) in [5.74, 6) is -4.31. The average Bonchev–Trinajstić information content (AvgIpc) is 4.21. The van der Waals surface area contributed by atoms with Crippen molar-refractivity contribution in [2.45, 2.75) is 72.8 Å². The molecule has 0 aliphatic carbocycles. The number of anilines is 2.